The zero-order valence-corrected chi connectivity index (χ0v) is 12.7. The molecule has 1 aromatic carbocycles. The van der Waals surface area contributed by atoms with E-state index < -0.39 is 5.54 Å². The first-order valence-electron chi connectivity index (χ1n) is 7.44. The van der Waals surface area contributed by atoms with Crippen LogP contribution in [0.3, 0.4) is 0 Å². The number of nitrogens with zero attached hydrogens (tertiary/aromatic N) is 1. The molecule has 2 aliphatic rings. The van der Waals surface area contributed by atoms with Gasteiger partial charge >= 0.3 is 0 Å². The lowest BCUT2D eigenvalue weighted by Crippen LogP contribution is -2.66. The Labute approximate surface area is 129 Å². The number of benzene rings is 1. The van der Waals surface area contributed by atoms with Crippen molar-refractivity contribution in [2.45, 2.75) is 44.2 Å². The van der Waals surface area contributed by atoms with Gasteiger partial charge < -0.3 is 10.2 Å². The molecule has 112 valence electrons. The molecule has 2 amide bonds. The molecule has 1 spiro atoms. The van der Waals surface area contributed by atoms with E-state index >= 15 is 0 Å². The van der Waals surface area contributed by atoms with Crippen molar-refractivity contribution in [1.82, 2.24) is 10.2 Å². The summed E-state index contributed by atoms with van der Waals surface area (Å²) in [5, 5.41) is 3.63. The third-order valence-electron chi connectivity index (χ3n) is 4.40. The minimum Gasteiger partial charge on any atom is -0.340 e. The average Bonchev–Trinajstić information content (AvgIpc) is 2.48. The summed E-state index contributed by atoms with van der Waals surface area (Å²) in [6.07, 6.45) is 4.66. The Hall–Kier alpha value is -1.55. The molecule has 0 bridgehead atoms. The molecule has 0 radical (unpaired) electrons. The number of carbonyl (C=O) groups excluding carboxylic acids is 2. The summed E-state index contributed by atoms with van der Waals surface area (Å²) in [5.41, 5.74) is 0.341. The summed E-state index contributed by atoms with van der Waals surface area (Å²) in [6, 6.07) is 7.41. The normalized spacial score (nSPS) is 21.5. The van der Waals surface area contributed by atoms with E-state index in [2.05, 4.69) is 5.32 Å². The summed E-state index contributed by atoms with van der Waals surface area (Å²) in [6.45, 7) is 0.606. The molecular formula is C16H19ClN2O2. The van der Waals surface area contributed by atoms with Crippen molar-refractivity contribution in [2.24, 2.45) is 0 Å². The van der Waals surface area contributed by atoms with Crippen LogP contribution < -0.4 is 5.32 Å². The maximum absolute atomic E-state index is 12.8. The lowest BCUT2D eigenvalue weighted by atomic mass is 9.79. The Balaban J connectivity index is 1.79. The molecule has 1 N–H and O–H groups in total. The number of hydrogen-bond acceptors (Lipinski definition) is 2. The molecule has 0 unspecified atom stereocenters. The highest BCUT2D eigenvalue weighted by Gasteiger charge is 2.46. The van der Waals surface area contributed by atoms with Crippen molar-refractivity contribution in [3.63, 3.8) is 0 Å². The van der Waals surface area contributed by atoms with Crippen LogP contribution in [-0.4, -0.2) is 28.8 Å². The van der Waals surface area contributed by atoms with Gasteiger partial charge in [0.15, 0.2) is 0 Å². The van der Waals surface area contributed by atoms with Gasteiger partial charge in [-0.25, -0.2) is 0 Å². The molecule has 2 fully saturated rings. The second-order valence-corrected chi connectivity index (χ2v) is 6.42. The fourth-order valence-corrected chi connectivity index (χ4v) is 3.47. The highest BCUT2D eigenvalue weighted by Crippen LogP contribution is 2.32. The number of amides is 2. The zero-order valence-electron chi connectivity index (χ0n) is 11.9. The highest BCUT2D eigenvalue weighted by molar-refractivity contribution is 6.30. The van der Waals surface area contributed by atoms with Crippen LogP contribution in [0.4, 0.5) is 0 Å². The number of carbonyl (C=O) groups is 2. The predicted molar refractivity (Wildman–Crippen MR) is 80.8 cm³/mol. The largest absolute Gasteiger partial charge is 0.340 e. The van der Waals surface area contributed by atoms with E-state index in [1.165, 1.54) is 0 Å². The molecule has 3 rings (SSSR count). The molecule has 1 aliphatic carbocycles. The molecule has 1 saturated heterocycles. The fourth-order valence-electron chi connectivity index (χ4n) is 3.34. The van der Waals surface area contributed by atoms with Crippen molar-refractivity contribution >= 4 is 23.4 Å². The van der Waals surface area contributed by atoms with Gasteiger partial charge in [0.1, 0.15) is 5.54 Å². The standard InChI is InChI=1S/C16H19ClN2O2/c17-13-6-4-12(5-7-13)10-19-11-14(20)18-16(15(19)21)8-2-1-3-9-16/h4-7H,1-3,8-11H2,(H,18,20). The van der Waals surface area contributed by atoms with Crippen LogP contribution in [0.5, 0.6) is 0 Å². The summed E-state index contributed by atoms with van der Waals surface area (Å²) in [7, 11) is 0. The van der Waals surface area contributed by atoms with Crippen LogP contribution in [0.15, 0.2) is 24.3 Å². The number of piperazine rings is 1. The predicted octanol–water partition coefficient (Wildman–Crippen LogP) is 2.50. The van der Waals surface area contributed by atoms with E-state index in [1.807, 2.05) is 24.3 Å². The zero-order chi connectivity index (χ0) is 14.9. The Morgan fingerprint density at radius 3 is 2.43 bits per heavy atom. The summed E-state index contributed by atoms with van der Waals surface area (Å²) < 4.78 is 0. The van der Waals surface area contributed by atoms with E-state index in [0.717, 1.165) is 37.7 Å². The quantitative estimate of drug-likeness (QED) is 0.912. The molecule has 1 saturated carbocycles. The van der Waals surface area contributed by atoms with Gasteiger partial charge in [0.2, 0.25) is 11.8 Å². The minimum atomic E-state index is -0.653. The van der Waals surface area contributed by atoms with Gasteiger partial charge in [-0.3, -0.25) is 9.59 Å². The van der Waals surface area contributed by atoms with Crippen molar-refractivity contribution < 1.29 is 9.59 Å². The first-order valence-corrected chi connectivity index (χ1v) is 7.82. The van der Waals surface area contributed by atoms with Gasteiger partial charge in [-0.05, 0) is 30.5 Å². The van der Waals surface area contributed by atoms with Gasteiger partial charge in [-0.2, -0.15) is 0 Å². The van der Waals surface area contributed by atoms with Crippen molar-refractivity contribution in [2.75, 3.05) is 6.54 Å². The van der Waals surface area contributed by atoms with Gasteiger partial charge in [-0.15, -0.1) is 0 Å². The lowest BCUT2D eigenvalue weighted by Gasteiger charge is -2.44. The Bertz CT molecular complexity index is 550. The van der Waals surface area contributed by atoms with Crippen molar-refractivity contribution in [3.05, 3.63) is 34.9 Å². The molecule has 1 aliphatic heterocycles. The van der Waals surface area contributed by atoms with E-state index in [0.29, 0.717) is 11.6 Å². The smallest absolute Gasteiger partial charge is 0.249 e. The van der Waals surface area contributed by atoms with Gasteiger partial charge in [0.25, 0.3) is 0 Å². The molecule has 0 aromatic heterocycles. The van der Waals surface area contributed by atoms with Gasteiger partial charge in [0, 0.05) is 11.6 Å². The van der Waals surface area contributed by atoms with E-state index in [9.17, 15) is 9.59 Å². The van der Waals surface area contributed by atoms with E-state index in [1.54, 1.807) is 4.90 Å². The second-order valence-electron chi connectivity index (χ2n) is 5.98. The summed E-state index contributed by atoms with van der Waals surface area (Å²) >= 11 is 5.88. The van der Waals surface area contributed by atoms with Gasteiger partial charge in [0.05, 0.1) is 6.54 Å². The van der Waals surface area contributed by atoms with Crippen LogP contribution in [0.25, 0.3) is 0 Å². The third-order valence-corrected chi connectivity index (χ3v) is 4.66. The topological polar surface area (TPSA) is 49.4 Å². The Morgan fingerprint density at radius 2 is 1.76 bits per heavy atom. The molecule has 21 heavy (non-hydrogen) atoms. The number of nitrogens with one attached hydrogen (secondary N) is 1. The van der Waals surface area contributed by atoms with Crippen molar-refractivity contribution in [3.8, 4) is 0 Å². The van der Waals surface area contributed by atoms with Crippen LogP contribution in [0.2, 0.25) is 5.02 Å². The van der Waals surface area contributed by atoms with Crippen LogP contribution in [0.1, 0.15) is 37.7 Å². The van der Waals surface area contributed by atoms with Crippen LogP contribution in [0, 0.1) is 0 Å². The summed E-state index contributed by atoms with van der Waals surface area (Å²) in [4.78, 5) is 26.5. The molecule has 0 atom stereocenters. The molecule has 1 heterocycles. The number of hydrogen-bond donors (Lipinski definition) is 1. The highest BCUT2D eigenvalue weighted by atomic mass is 35.5. The molecule has 4 nitrogen and oxygen atoms in total. The maximum atomic E-state index is 12.8. The first kappa shape index (κ1) is 14.4. The summed E-state index contributed by atoms with van der Waals surface area (Å²) in [5.74, 6) is 0.0159. The minimum absolute atomic E-state index is 0.0505. The Morgan fingerprint density at radius 1 is 1.10 bits per heavy atom. The van der Waals surface area contributed by atoms with E-state index in [-0.39, 0.29) is 18.4 Å². The van der Waals surface area contributed by atoms with Crippen LogP contribution in [-0.2, 0) is 16.1 Å². The monoisotopic (exact) mass is 306 g/mol. The van der Waals surface area contributed by atoms with E-state index in [4.69, 9.17) is 11.6 Å². The molecular weight excluding hydrogens is 288 g/mol. The van der Waals surface area contributed by atoms with Crippen LogP contribution >= 0.6 is 11.6 Å². The maximum Gasteiger partial charge on any atom is 0.249 e. The fraction of sp³-hybridized carbons (Fsp3) is 0.500. The molecule has 5 heteroatoms. The SMILES string of the molecule is O=C1CN(Cc2ccc(Cl)cc2)C(=O)C2(CCCCC2)N1. The van der Waals surface area contributed by atoms with Crippen molar-refractivity contribution in [1.29, 1.82) is 0 Å². The molecule has 1 aromatic rings. The lowest BCUT2D eigenvalue weighted by molar-refractivity contribution is -0.152. The third kappa shape index (κ3) is 2.91. The Kier molecular flexibility index (Phi) is 3.89. The first-order chi connectivity index (χ1) is 10.1. The number of halogens is 1. The van der Waals surface area contributed by atoms with Gasteiger partial charge in [-0.1, -0.05) is 43.0 Å². The number of rotatable bonds is 2. The average molecular weight is 307 g/mol. The second kappa shape index (κ2) is 5.68.